The van der Waals surface area contributed by atoms with Gasteiger partial charge in [-0.3, -0.25) is 0 Å². The minimum Gasteiger partial charge on any atom is -0.327 e. The summed E-state index contributed by atoms with van der Waals surface area (Å²) >= 11 is 0. The molecule has 0 unspecified atom stereocenters. The number of aryl methyl sites for hydroxylation is 1. The largest absolute Gasteiger partial charge is 0.327 e. The van der Waals surface area contributed by atoms with Crippen molar-refractivity contribution in [3.05, 3.63) is 35.9 Å². The van der Waals surface area contributed by atoms with Crippen molar-refractivity contribution in [2.24, 2.45) is 11.7 Å². The number of benzene rings is 1. The van der Waals surface area contributed by atoms with Crippen LogP contribution in [0.25, 0.3) is 0 Å². The highest BCUT2D eigenvalue weighted by Gasteiger charge is 2.20. The van der Waals surface area contributed by atoms with Crippen molar-refractivity contribution in [1.82, 2.24) is 0 Å². The Morgan fingerprint density at radius 1 is 1.06 bits per heavy atom. The molecule has 2 atom stereocenters. The van der Waals surface area contributed by atoms with Gasteiger partial charge in [0, 0.05) is 6.04 Å². The van der Waals surface area contributed by atoms with Gasteiger partial charge in [-0.15, -0.1) is 0 Å². The number of rotatable bonds is 4. The van der Waals surface area contributed by atoms with Gasteiger partial charge in [0.1, 0.15) is 0 Å². The second kappa shape index (κ2) is 6.05. The van der Waals surface area contributed by atoms with Crippen LogP contribution < -0.4 is 5.73 Å². The van der Waals surface area contributed by atoms with E-state index in [0.717, 1.165) is 5.92 Å². The van der Waals surface area contributed by atoms with E-state index in [1.54, 1.807) is 0 Å². The quantitative estimate of drug-likeness (QED) is 0.820. The third-order valence-electron chi connectivity index (χ3n) is 3.85. The molecule has 0 amide bonds. The molecule has 0 radical (unpaired) electrons. The van der Waals surface area contributed by atoms with Gasteiger partial charge in [0.25, 0.3) is 0 Å². The third kappa shape index (κ3) is 3.34. The van der Waals surface area contributed by atoms with E-state index >= 15 is 0 Å². The maximum atomic E-state index is 6.16. The highest BCUT2D eigenvalue weighted by Crippen LogP contribution is 2.27. The predicted molar refractivity (Wildman–Crippen MR) is 69.3 cm³/mol. The summed E-state index contributed by atoms with van der Waals surface area (Å²) in [4.78, 5) is 0. The monoisotopic (exact) mass is 217 g/mol. The van der Waals surface area contributed by atoms with E-state index in [0.29, 0.717) is 6.04 Å². The SMILES string of the molecule is N[C@@H]1CCCC[C@H]1CCCc1ccccc1. The van der Waals surface area contributed by atoms with Crippen LogP contribution in [0.3, 0.4) is 0 Å². The Morgan fingerprint density at radius 3 is 2.56 bits per heavy atom. The Morgan fingerprint density at radius 2 is 1.81 bits per heavy atom. The predicted octanol–water partition coefficient (Wildman–Crippen LogP) is 3.53. The lowest BCUT2D eigenvalue weighted by Crippen LogP contribution is -2.32. The molecule has 0 bridgehead atoms. The van der Waals surface area contributed by atoms with Crippen LogP contribution in [0.5, 0.6) is 0 Å². The van der Waals surface area contributed by atoms with Gasteiger partial charge in [-0.1, -0.05) is 43.2 Å². The van der Waals surface area contributed by atoms with Crippen LogP contribution in [-0.4, -0.2) is 6.04 Å². The van der Waals surface area contributed by atoms with E-state index in [2.05, 4.69) is 30.3 Å². The zero-order chi connectivity index (χ0) is 11.2. The molecule has 1 aliphatic rings. The van der Waals surface area contributed by atoms with Gasteiger partial charge in [-0.25, -0.2) is 0 Å². The van der Waals surface area contributed by atoms with Crippen molar-refractivity contribution in [2.75, 3.05) is 0 Å². The molecular weight excluding hydrogens is 194 g/mol. The maximum Gasteiger partial charge on any atom is 0.00671 e. The summed E-state index contributed by atoms with van der Waals surface area (Å²) in [5.74, 6) is 0.789. The standard InChI is InChI=1S/C15H23N/c16-15-12-5-4-10-14(15)11-6-9-13-7-2-1-3-8-13/h1-3,7-8,14-15H,4-6,9-12,16H2/t14-,15+/m0/s1. The molecule has 1 heteroatoms. The second-order valence-corrected chi connectivity index (χ2v) is 5.09. The van der Waals surface area contributed by atoms with Gasteiger partial charge in [-0.2, -0.15) is 0 Å². The van der Waals surface area contributed by atoms with Crippen LogP contribution in [-0.2, 0) is 6.42 Å². The van der Waals surface area contributed by atoms with Gasteiger partial charge >= 0.3 is 0 Å². The van der Waals surface area contributed by atoms with Crippen molar-refractivity contribution in [3.8, 4) is 0 Å². The Labute approximate surface area is 99.0 Å². The zero-order valence-corrected chi connectivity index (χ0v) is 10.1. The van der Waals surface area contributed by atoms with Crippen molar-refractivity contribution < 1.29 is 0 Å². The first-order valence-electron chi connectivity index (χ1n) is 6.66. The smallest absolute Gasteiger partial charge is 0.00671 e. The molecule has 0 aromatic heterocycles. The summed E-state index contributed by atoms with van der Waals surface area (Å²) in [5.41, 5.74) is 7.62. The third-order valence-corrected chi connectivity index (χ3v) is 3.85. The van der Waals surface area contributed by atoms with E-state index in [-0.39, 0.29) is 0 Å². The molecule has 0 spiro atoms. The lowest BCUT2D eigenvalue weighted by atomic mass is 9.82. The summed E-state index contributed by atoms with van der Waals surface area (Å²) in [6.45, 7) is 0. The minimum atomic E-state index is 0.476. The topological polar surface area (TPSA) is 26.0 Å². The molecule has 1 saturated carbocycles. The van der Waals surface area contributed by atoms with Crippen LogP contribution in [0.15, 0.2) is 30.3 Å². The Hall–Kier alpha value is -0.820. The number of hydrogen-bond acceptors (Lipinski definition) is 1. The molecule has 1 fully saturated rings. The fourth-order valence-electron chi connectivity index (χ4n) is 2.81. The van der Waals surface area contributed by atoms with Crippen molar-refractivity contribution in [1.29, 1.82) is 0 Å². The molecule has 2 rings (SSSR count). The first kappa shape index (κ1) is 11.7. The fourth-order valence-corrected chi connectivity index (χ4v) is 2.81. The average molecular weight is 217 g/mol. The molecule has 1 aromatic carbocycles. The number of hydrogen-bond donors (Lipinski definition) is 1. The van der Waals surface area contributed by atoms with Crippen molar-refractivity contribution >= 4 is 0 Å². The summed E-state index contributed by atoms with van der Waals surface area (Å²) in [5, 5.41) is 0. The Bertz CT molecular complexity index is 294. The average Bonchev–Trinajstić information content (AvgIpc) is 2.33. The zero-order valence-electron chi connectivity index (χ0n) is 10.1. The molecular formula is C15H23N. The lowest BCUT2D eigenvalue weighted by molar-refractivity contribution is 0.287. The highest BCUT2D eigenvalue weighted by atomic mass is 14.7. The van der Waals surface area contributed by atoms with E-state index in [1.165, 1.54) is 50.5 Å². The van der Waals surface area contributed by atoms with E-state index in [9.17, 15) is 0 Å². The van der Waals surface area contributed by atoms with Gasteiger partial charge in [0.2, 0.25) is 0 Å². The fraction of sp³-hybridized carbons (Fsp3) is 0.600. The second-order valence-electron chi connectivity index (χ2n) is 5.09. The van der Waals surface area contributed by atoms with Crippen molar-refractivity contribution in [2.45, 2.75) is 51.0 Å². The highest BCUT2D eigenvalue weighted by molar-refractivity contribution is 5.14. The maximum absolute atomic E-state index is 6.16. The molecule has 1 nitrogen and oxygen atoms in total. The first-order valence-corrected chi connectivity index (χ1v) is 6.66. The van der Waals surface area contributed by atoms with Gasteiger partial charge in [-0.05, 0) is 43.6 Å². The van der Waals surface area contributed by atoms with Gasteiger partial charge in [0.15, 0.2) is 0 Å². The van der Waals surface area contributed by atoms with Crippen LogP contribution >= 0.6 is 0 Å². The number of nitrogens with two attached hydrogens (primary N) is 1. The van der Waals surface area contributed by atoms with E-state index < -0.39 is 0 Å². The Kier molecular flexibility index (Phi) is 4.41. The summed E-state index contributed by atoms with van der Waals surface area (Å²) in [6, 6.07) is 11.3. The van der Waals surface area contributed by atoms with Gasteiger partial charge in [0.05, 0.1) is 0 Å². The molecule has 16 heavy (non-hydrogen) atoms. The summed E-state index contributed by atoms with van der Waals surface area (Å²) in [6.07, 6.45) is 9.16. The molecule has 2 N–H and O–H groups in total. The van der Waals surface area contributed by atoms with Crippen molar-refractivity contribution in [3.63, 3.8) is 0 Å². The van der Waals surface area contributed by atoms with Crippen LogP contribution in [0.1, 0.15) is 44.1 Å². The normalized spacial score (nSPS) is 25.6. The van der Waals surface area contributed by atoms with E-state index in [4.69, 9.17) is 5.73 Å². The molecule has 88 valence electrons. The minimum absolute atomic E-state index is 0.476. The molecule has 0 heterocycles. The molecule has 1 aromatic rings. The van der Waals surface area contributed by atoms with Gasteiger partial charge < -0.3 is 5.73 Å². The molecule has 1 aliphatic carbocycles. The molecule has 0 aliphatic heterocycles. The molecule has 0 saturated heterocycles. The summed E-state index contributed by atoms with van der Waals surface area (Å²) < 4.78 is 0. The summed E-state index contributed by atoms with van der Waals surface area (Å²) in [7, 11) is 0. The van der Waals surface area contributed by atoms with Crippen LogP contribution in [0, 0.1) is 5.92 Å². The van der Waals surface area contributed by atoms with Crippen LogP contribution in [0.4, 0.5) is 0 Å². The lowest BCUT2D eigenvalue weighted by Gasteiger charge is -2.28. The van der Waals surface area contributed by atoms with Crippen LogP contribution in [0.2, 0.25) is 0 Å². The first-order chi connectivity index (χ1) is 7.86. The Balaban J connectivity index is 1.71. The van der Waals surface area contributed by atoms with E-state index in [1.807, 2.05) is 0 Å².